The number of aryl methyl sites for hydroxylation is 2. The highest BCUT2D eigenvalue weighted by molar-refractivity contribution is 7.11. The Morgan fingerprint density at radius 1 is 1.13 bits per heavy atom. The monoisotopic (exact) mass is 331 g/mol. The molecule has 0 saturated heterocycles. The molecule has 5 heteroatoms. The zero-order valence-corrected chi connectivity index (χ0v) is 14.0. The molecule has 0 unspecified atom stereocenters. The molecule has 1 aromatic heterocycles. The lowest BCUT2D eigenvalue weighted by Gasteiger charge is -2.21. The van der Waals surface area contributed by atoms with E-state index in [1.165, 1.54) is 14.7 Å². The minimum absolute atomic E-state index is 0.107. The van der Waals surface area contributed by atoms with Crippen LogP contribution in [0.15, 0.2) is 42.5 Å². The molecular formula is C18H21NO3S. The molecule has 1 N–H and O–H groups in total. The summed E-state index contributed by atoms with van der Waals surface area (Å²) in [6, 6.07) is 13.6. The van der Waals surface area contributed by atoms with E-state index < -0.39 is 5.97 Å². The number of aliphatic carboxylic acids is 1. The van der Waals surface area contributed by atoms with Crippen LogP contribution in [0, 0.1) is 6.92 Å². The zero-order valence-electron chi connectivity index (χ0n) is 13.2. The highest BCUT2D eigenvalue weighted by Crippen LogP contribution is 2.17. The van der Waals surface area contributed by atoms with Gasteiger partial charge in [0, 0.05) is 22.7 Å². The molecule has 0 aliphatic heterocycles. The van der Waals surface area contributed by atoms with Crippen molar-refractivity contribution in [2.75, 3.05) is 6.54 Å². The smallest absolute Gasteiger partial charge is 0.323 e. The maximum atomic E-state index is 12.3. The number of rotatable bonds is 8. The fourth-order valence-electron chi connectivity index (χ4n) is 2.39. The number of nitrogens with zero attached hydrogens (tertiary/aromatic N) is 1. The summed E-state index contributed by atoms with van der Waals surface area (Å²) in [5, 5.41) is 9.02. The van der Waals surface area contributed by atoms with Crippen LogP contribution < -0.4 is 0 Å². The Morgan fingerprint density at radius 2 is 1.87 bits per heavy atom. The van der Waals surface area contributed by atoms with Crippen LogP contribution in [0.3, 0.4) is 0 Å². The van der Waals surface area contributed by atoms with Crippen molar-refractivity contribution in [1.29, 1.82) is 0 Å². The average Bonchev–Trinajstić information content (AvgIpc) is 2.92. The van der Waals surface area contributed by atoms with E-state index in [4.69, 9.17) is 5.11 Å². The van der Waals surface area contributed by atoms with E-state index in [0.717, 1.165) is 18.4 Å². The van der Waals surface area contributed by atoms with Gasteiger partial charge in [-0.25, -0.2) is 0 Å². The minimum Gasteiger partial charge on any atom is -0.480 e. The van der Waals surface area contributed by atoms with Crippen molar-refractivity contribution in [3.05, 3.63) is 57.8 Å². The highest BCUT2D eigenvalue weighted by Gasteiger charge is 2.16. The van der Waals surface area contributed by atoms with Gasteiger partial charge >= 0.3 is 5.97 Å². The van der Waals surface area contributed by atoms with Gasteiger partial charge in [-0.3, -0.25) is 9.59 Å². The molecule has 0 aliphatic carbocycles. The number of carbonyl (C=O) groups excluding carboxylic acids is 1. The quantitative estimate of drug-likeness (QED) is 0.805. The zero-order chi connectivity index (χ0) is 16.7. The molecule has 1 aromatic carbocycles. The summed E-state index contributed by atoms with van der Waals surface area (Å²) in [5.41, 5.74) is 0.941. The van der Waals surface area contributed by atoms with Crippen molar-refractivity contribution in [1.82, 2.24) is 4.90 Å². The van der Waals surface area contributed by atoms with Gasteiger partial charge in [-0.1, -0.05) is 30.3 Å². The molecule has 0 saturated carbocycles. The van der Waals surface area contributed by atoms with E-state index in [-0.39, 0.29) is 12.5 Å². The number of carboxylic acid groups (broad SMARTS) is 1. The fraction of sp³-hybridized carbons (Fsp3) is 0.333. The van der Waals surface area contributed by atoms with Gasteiger partial charge in [0.15, 0.2) is 0 Å². The maximum Gasteiger partial charge on any atom is 0.323 e. The van der Waals surface area contributed by atoms with Gasteiger partial charge in [0.1, 0.15) is 6.54 Å². The SMILES string of the molecule is Cc1ccc(CCCC(=O)N(CC(=O)O)Cc2ccccc2)s1. The molecule has 0 bridgehead atoms. The van der Waals surface area contributed by atoms with Crippen molar-refractivity contribution < 1.29 is 14.7 Å². The first-order valence-corrected chi connectivity index (χ1v) is 8.45. The lowest BCUT2D eigenvalue weighted by Crippen LogP contribution is -2.35. The molecule has 1 amide bonds. The fourth-order valence-corrected chi connectivity index (χ4v) is 3.32. The predicted molar refractivity (Wildman–Crippen MR) is 91.5 cm³/mol. The van der Waals surface area contributed by atoms with Crippen molar-refractivity contribution in [2.24, 2.45) is 0 Å². The molecule has 0 aliphatic rings. The first kappa shape index (κ1) is 17.2. The molecule has 0 fully saturated rings. The number of carboxylic acids is 1. The third-order valence-electron chi connectivity index (χ3n) is 3.50. The summed E-state index contributed by atoms with van der Waals surface area (Å²) in [4.78, 5) is 27.3. The molecule has 2 rings (SSSR count). The molecule has 122 valence electrons. The molecule has 2 aromatic rings. The van der Waals surface area contributed by atoms with Gasteiger partial charge in [0.05, 0.1) is 0 Å². The number of benzene rings is 1. The second kappa shape index (κ2) is 8.48. The second-order valence-corrected chi connectivity index (χ2v) is 6.87. The number of hydrogen-bond donors (Lipinski definition) is 1. The number of thiophene rings is 1. The summed E-state index contributed by atoms with van der Waals surface area (Å²) in [7, 11) is 0. The molecule has 0 spiro atoms. The van der Waals surface area contributed by atoms with E-state index in [1.807, 2.05) is 30.3 Å². The van der Waals surface area contributed by atoms with Crippen LogP contribution in [-0.4, -0.2) is 28.4 Å². The van der Waals surface area contributed by atoms with Gasteiger partial charge in [0.25, 0.3) is 0 Å². The van der Waals surface area contributed by atoms with Crippen LogP contribution in [0.1, 0.15) is 28.2 Å². The lowest BCUT2D eigenvalue weighted by molar-refractivity contribution is -0.144. The van der Waals surface area contributed by atoms with E-state index in [2.05, 4.69) is 19.1 Å². The minimum atomic E-state index is -0.983. The normalized spacial score (nSPS) is 10.5. The Labute approximate surface area is 140 Å². The highest BCUT2D eigenvalue weighted by atomic mass is 32.1. The number of carbonyl (C=O) groups is 2. The first-order valence-electron chi connectivity index (χ1n) is 7.63. The predicted octanol–water partition coefficient (Wildman–Crippen LogP) is 3.49. The van der Waals surface area contributed by atoms with Crippen LogP contribution in [0.25, 0.3) is 0 Å². The molecule has 0 radical (unpaired) electrons. The summed E-state index contributed by atoms with van der Waals surface area (Å²) in [5.74, 6) is -1.09. The molecule has 1 heterocycles. The summed E-state index contributed by atoms with van der Waals surface area (Å²) < 4.78 is 0. The van der Waals surface area contributed by atoms with E-state index in [0.29, 0.717) is 13.0 Å². The van der Waals surface area contributed by atoms with Gasteiger partial charge in [-0.15, -0.1) is 11.3 Å². The van der Waals surface area contributed by atoms with Crippen molar-refractivity contribution in [3.63, 3.8) is 0 Å². The Bertz CT molecular complexity index is 651. The Hall–Kier alpha value is -2.14. The lowest BCUT2D eigenvalue weighted by atomic mass is 10.1. The van der Waals surface area contributed by atoms with Gasteiger partial charge < -0.3 is 10.0 Å². The first-order chi connectivity index (χ1) is 11.0. The van der Waals surface area contributed by atoms with Crippen LogP contribution in [0.2, 0.25) is 0 Å². The standard InChI is InChI=1S/C18H21NO3S/c1-14-10-11-16(23-14)8-5-9-17(20)19(13-18(21)22)12-15-6-3-2-4-7-15/h2-4,6-7,10-11H,5,8-9,12-13H2,1H3,(H,21,22). The van der Waals surface area contributed by atoms with Gasteiger partial charge in [-0.05, 0) is 37.5 Å². The van der Waals surface area contributed by atoms with Crippen molar-refractivity contribution >= 4 is 23.2 Å². The molecule has 4 nitrogen and oxygen atoms in total. The maximum absolute atomic E-state index is 12.3. The number of amides is 1. The van der Waals surface area contributed by atoms with Crippen molar-refractivity contribution in [3.8, 4) is 0 Å². The third kappa shape index (κ3) is 5.87. The second-order valence-electron chi connectivity index (χ2n) is 5.50. The summed E-state index contributed by atoms with van der Waals surface area (Å²) in [6.45, 7) is 2.14. The van der Waals surface area contributed by atoms with Crippen LogP contribution in [0.4, 0.5) is 0 Å². The van der Waals surface area contributed by atoms with E-state index >= 15 is 0 Å². The molecular weight excluding hydrogens is 310 g/mol. The molecule has 0 atom stereocenters. The van der Waals surface area contributed by atoms with Gasteiger partial charge in [-0.2, -0.15) is 0 Å². The Morgan fingerprint density at radius 3 is 2.48 bits per heavy atom. The van der Waals surface area contributed by atoms with E-state index in [1.54, 1.807) is 11.3 Å². The van der Waals surface area contributed by atoms with Gasteiger partial charge in [0.2, 0.25) is 5.91 Å². The average molecular weight is 331 g/mol. The molecule has 23 heavy (non-hydrogen) atoms. The Kier molecular flexibility index (Phi) is 6.35. The van der Waals surface area contributed by atoms with Crippen molar-refractivity contribution in [2.45, 2.75) is 32.7 Å². The topological polar surface area (TPSA) is 57.6 Å². The Balaban J connectivity index is 1.89. The number of hydrogen-bond acceptors (Lipinski definition) is 3. The summed E-state index contributed by atoms with van der Waals surface area (Å²) >= 11 is 1.74. The van der Waals surface area contributed by atoms with Crippen LogP contribution in [-0.2, 0) is 22.6 Å². The van der Waals surface area contributed by atoms with E-state index in [9.17, 15) is 9.59 Å². The summed E-state index contributed by atoms with van der Waals surface area (Å²) in [6.07, 6.45) is 1.97. The van der Waals surface area contributed by atoms with Crippen LogP contribution >= 0.6 is 11.3 Å². The largest absolute Gasteiger partial charge is 0.480 e. The van der Waals surface area contributed by atoms with Crippen LogP contribution in [0.5, 0.6) is 0 Å². The third-order valence-corrected chi connectivity index (χ3v) is 4.57.